The molecule has 1 saturated carbocycles. The third-order valence-corrected chi connectivity index (χ3v) is 2.86. The highest BCUT2D eigenvalue weighted by molar-refractivity contribution is 9.09. The highest BCUT2D eigenvalue weighted by atomic mass is 79.9. The van der Waals surface area contributed by atoms with Crippen molar-refractivity contribution < 1.29 is 0 Å². The molecule has 1 aliphatic rings. The van der Waals surface area contributed by atoms with Gasteiger partial charge in [-0.2, -0.15) is 0 Å². The van der Waals surface area contributed by atoms with Gasteiger partial charge >= 0.3 is 23.1 Å². The van der Waals surface area contributed by atoms with Gasteiger partial charge in [-0.1, -0.05) is 22.9 Å². The lowest BCUT2D eigenvalue weighted by Crippen LogP contribution is -2.10. The molecular formula is C7H15BrMg. The molecule has 0 saturated heterocycles. The van der Waals surface area contributed by atoms with Gasteiger partial charge in [0, 0.05) is 4.83 Å². The average Bonchev–Trinajstić information content (AvgIpc) is 1.77. The molecule has 0 atom stereocenters. The molecule has 0 aromatic heterocycles. The summed E-state index contributed by atoms with van der Waals surface area (Å²) in [5.41, 5.74) is 0. The zero-order valence-electron chi connectivity index (χ0n) is 5.36. The summed E-state index contributed by atoms with van der Waals surface area (Å²) in [6.45, 7) is 2.35. The van der Waals surface area contributed by atoms with Crippen LogP contribution in [0, 0.1) is 5.92 Å². The molecule has 0 aromatic carbocycles. The van der Waals surface area contributed by atoms with Crippen molar-refractivity contribution in [2.75, 3.05) is 0 Å². The van der Waals surface area contributed by atoms with Crippen molar-refractivity contribution in [1.29, 1.82) is 0 Å². The van der Waals surface area contributed by atoms with E-state index in [1.54, 1.807) is 0 Å². The predicted octanol–water partition coefficient (Wildman–Crippen LogP) is 2.04. The third kappa shape index (κ3) is 3.84. The lowest BCUT2D eigenvalue weighted by molar-refractivity contribution is 0.396. The van der Waals surface area contributed by atoms with Gasteiger partial charge < -0.3 is 0 Å². The maximum Gasteiger partial charge on any atom is 0.316 e. The minimum Gasteiger partial charge on any atom is -0.0891 e. The quantitative estimate of drug-likeness (QED) is 0.417. The van der Waals surface area contributed by atoms with Crippen molar-refractivity contribution in [3.8, 4) is 0 Å². The Bertz CT molecular complexity index is 57.3. The Kier molecular flexibility index (Phi) is 5.66. The first-order valence-corrected chi connectivity index (χ1v) is 4.34. The first kappa shape index (κ1) is 10.2. The van der Waals surface area contributed by atoms with E-state index >= 15 is 0 Å². The van der Waals surface area contributed by atoms with Gasteiger partial charge in [-0.15, -0.1) is 0 Å². The Labute approximate surface area is 82.1 Å². The van der Waals surface area contributed by atoms with E-state index in [1.165, 1.54) is 25.7 Å². The Hall–Kier alpha value is 1.25. The fraction of sp³-hybridized carbons (Fsp3) is 1.00. The standard InChI is InChI=1S/C7H13Br.Mg.2H/c1-6-2-4-7(8)5-3-6;;;/h6-7H,2-5H2,1H3;;;. The van der Waals surface area contributed by atoms with Crippen molar-refractivity contribution >= 4 is 39.0 Å². The predicted molar refractivity (Wildman–Crippen MR) is 48.9 cm³/mol. The normalized spacial score (nSPS) is 35.3. The van der Waals surface area contributed by atoms with Gasteiger partial charge in [-0.05, 0) is 31.6 Å². The van der Waals surface area contributed by atoms with Crippen LogP contribution in [0.1, 0.15) is 32.6 Å². The van der Waals surface area contributed by atoms with Crippen LogP contribution in [0.25, 0.3) is 0 Å². The molecule has 0 heterocycles. The van der Waals surface area contributed by atoms with E-state index in [0.29, 0.717) is 0 Å². The molecule has 0 unspecified atom stereocenters. The highest BCUT2D eigenvalue weighted by Gasteiger charge is 2.14. The topological polar surface area (TPSA) is 0 Å². The van der Waals surface area contributed by atoms with Gasteiger partial charge in [0.1, 0.15) is 0 Å². The molecule has 0 aliphatic heterocycles. The molecular weight excluding hydrogens is 188 g/mol. The highest BCUT2D eigenvalue weighted by Crippen LogP contribution is 2.27. The van der Waals surface area contributed by atoms with Crippen molar-refractivity contribution in [2.24, 2.45) is 5.92 Å². The largest absolute Gasteiger partial charge is 0.316 e. The number of halogens is 1. The van der Waals surface area contributed by atoms with Gasteiger partial charge in [-0.3, -0.25) is 0 Å². The van der Waals surface area contributed by atoms with E-state index in [-0.39, 0.29) is 23.1 Å². The van der Waals surface area contributed by atoms with Gasteiger partial charge in [-0.25, -0.2) is 0 Å². The fourth-order valence-corrected chi connectivity index (χ4v) is 1.75. The maximum absolute atomic E-state index is 3.62. The van der Waals surface area contributed by atoms with Crippen LogP contribution in [0.4, 0.5) is 0 Å². The van der Waals surface area contributed by atoms with E-state index in [4.69, 9.17) is 0 Å². The second kappa shape index (κ2) is 4.97. The van der Waals surface area contributed by atoms with Crippen molar-refractivity contribution in [3.05, 3.63) is 0 Å². The van der Waals surface area contributed by atoms with E-state index in [2.05, 4.69) is 22.9 Å². The minimum absolute atomic E-state index is 0. The third-order valence-electron chi connectivity index (χ3n) is 1.95. The van der Waals surface area contributed by atoms with Crippen LogP contribution in [0.15, 0.2) is 0 Å². The smallest absolute Gasteiger partial charge is 0.0891 e. The summed E-state index contributed by atoms with van der Waals surface area (Å²) in [5.74, 6) is 0.990. The minimum atomic E-state index is 0. The lowest BCUT2D eigenvalue weighted by Gasteiger charge is -2.21. The molecule has 1 aliphatic carbocycles. The lowest BCUT2D eigenvalue weighted by atomic mass is 9.91. The molecule has 1 rings (SSSR count). The molecule has 0 bridgehead atoms. The van der Waals surface area contributed by atoms with Gasteiger partial charge in [0.25, 0.3) is 0 Å². The van der Waals surface area contributed by atoms with Crippen LogP contribution in [-0.4, -0.2) is 27.9 Å². The van der Waals surface area contributed by atoms with Crippen molar-refractivity contribution in [3.63, 3.8) is 0 Å². The summed E-state index contributed by atoms with van der Waals surface area (Å²) in [6.07, 6.45) is 5.63. The summed E-state index contributed by atoms with van der Waals surface area (Å²) in [4.78, 5) is 0.832. The summed E-state index contributed by atoms with van der Waals surface area (Å²) < 4.78 is 0. The number of alkyl halides is 1. The Balaban J connectivity index is 0.000000640. The second-order valence-corrected chi connectivity index (χ2v) is 4.15. The Morgan fingerprint density at radius 1 is 1.11 bits per heavy atom. The van der Waals surface area contributed by atoms with E-state index in [1.807, 2.05) is 0 Å². The van der Waals surface area contributed by atoms with Crippen molar-refractivity contribution in [1.82, 2.24) is 0 Å². The summed E-state index contributed by atoms with van der Waals surface area (Å²) in [6, 6.07) is 0. The van der Waals surface area contributed by atoms with Gasteiger partial charge in [0.2, 0.25) is 0 Å². The van der Waals surface area contributed by atoms with Crippen LogP contribution in [0.2, 0.25) is 0 Å². The average molecular weight is 203 g/mol. The molecule has 9 heavy (non-hydrogen) atoms. The molecule has 0 aromatic rings. The fourth-order valence-electron chi connectivity index (χ4n) is 1.22. The number of hydrogen-bond donors (Lipinski definition) is 0. The first-order chi connectivity index (χ1) is 3.79. The van der Waals surface area contributed by atoms with Crippen LogP contribution in [-0.2, 0) is 0 Å². The first-order valence-electron chi connectivity index (χ1n) is 3.43. The van der Waals surface area contributed by atoms with Gasteiger partial charge in [0.15, 0.2) is 0 Å². The van der Waals surface area contributed by atoms with Crippen LogP contribution in [0.3, 0.4) is 0 Å². The monoisotopic (exact) mass is 202 g/mol. The molecule has 0 amide bonds. The summed E-state index contributed by atoms with van der Waals surface area (Å²) in [5, 5.41) is 0. The Morgan fingerprint density at radius 3 is 1.89 bits per heavy atom. The molecule has 0 radical (unpaired) electrons. The van der Waals surface area contributed by atoms with Crippen molar-refractivity contribution in [2.45, 2.75) is 37.4 Å². The second-order valence-electron chi connectivity index (χ2n) is 2.86. The maximum atomic E-state index is 3.62. The number of hydrogen-bond acceptors (Lipinski definition) is 0. The SMILES string of the molecule is CC1CCC(Br)CC1.[MgH2]. The van der Waals surface area contributed by atoms with E-state index < -0.39 is 0 Å². The molecule has 52 valence electrons. The molecule has 1 fully saturated rings. The molecule has 2 heteroatoms. The number of rotatable bonds is 0. The summed E-state index contributed by atoms with van der Waals surface area (Å²) in [7, 11) is 0. The zero-order chi connectivity index (χ0) is 5.98. The zero-order valence-corrected chi connectivity index (χ0v) is 6.95. The Morgan fingerprint density at radius 2 is 1.56 bits per heavy atom. The van der Waals surface area contributed by atoms with Crippen LogP contribution >= 0.6 is 15.9 Å². The van der Waals surface area contributed by atoms with E-state index in [0.717, 1.165) is 10.7 Å². The summed E-state index contributed by atoms with van der Waals surface area (Å²) >= 11 is 3.62. The van der Waals surface area contributed by atoms with Crippen LogP contribution < -0.4 is 0 Å². The van der Waals surface area contributed by atoms with Crippen LogP contribution in [0.5, 0.6) is 0 Å². The molecule has 0 N–H and O–H groups in total. The molecule has 0 nitrogen and oxygen atoms in total. The van der Waals surface area contributed by atoms with Gasteiger partial charge in [0.05, 0.1) is 0 Å². The van der Waals surface area contributed by atoms with E-state index in [9.17, 15) is 0 Å². The molecule has 0 spiro atoms.